The molecule has 0 aromatic heterocycles. The molecule has 0 spiro atoms. The SMILES string of the molecule is C[C@@H]1CN([C@H](C)CNC(=O)C[S@@](=O)c2ccc([N+](=O)[O-])cc2)C[C@H](C)O1. The quantitative estimate of drug-likeness (QED) is 0.563. The standard InChI is InChI=1S/C17H25N3O5S/c1-12(19-9-13(2)25-14(3)10-19)8-18-17(21)11-26(24)16-6-4-15(5-7-16)20(22)23/h4-7,12-14H,8-11H2,1-3H3,(H,18,21)/t12-,13-,14+,26-/m1/s1. The van der Waals surface area contributed by atoms with Crippen molar-refractivity contribution >= 4 is 22.4 Å². The Kier molecular flexibility index (Phi) is 7.24. The van der Waals surface area contributed by atoms with Crippen molar-refractivity contribution in [2.24, 2.45) is 0 Å². The zero-order chi connectivity index (χ0) is 19.3. The highest BCUT2D eigenvalue weighted by Gasteiger charge is 2.26. The molecule has 9 heteroatoms. The number of ether oxygens (including phenoxy) is 1. The number of nitrogens with zero attached hydrogens (tertiary/aromatic N) is 2. The Morgan fingerprint density at radius 2 is 1.92 bits per heavy atom. The first-order valence-electron chi connectivity index (χ1n) is 8.55. The lowest BCUT2D eigenvalue weighted by molar-refractivity contribution is -0.384. The van der Waals surface area contributed by atoms with E-state index in [0.717, 1.165) is 13.1 Å². The molecule has 1 amide bonds. The summed E-state index contributed by atoms with van der Waals surface area (Å²) in [4.78, 5) is 24.8. The van der Waals surface area contributed by atoms with Crippen LogP contribution >= 0.6 is 0 Å². The van der Waals surface area contributed by atoms with Gasteiger partial charge in [-0.1, -0.05) is 0 Å². The molecular formula is C17H25N3O5S. The molecule has 1 saturated heterocycles. The molecule has 1 aliphatic rings. The van der Waals surface area contributed by atoms with Crippen molar-refractivity contribution in [3.63, 3.8) is 0 Å². The van der Waals surface area contributed by atoms with Crippen LogP contribution in [0.5, 0.6) is 0 Å². The largest absolute Gasteiger partial charge is 0.373 e. The van der Waals surface area contributed by atoms with Crippen molar-refractivity contribution in [2.75, 3.05) is 25.4 Å². The molecule has 0 radical (unpaired) electrons. The number of amides is 1. The summed E-state index contributed by atoms with van der Waals surface area (Å²) in [5.74, 6) is -0.469. The molecule has 1 fully saturated rings. The number of benzene rings is 1. The first-order chi connectivity index (χ1) is 12.3. The third-order valence-electron chi connectivity index (χ3n) is 4.24. The van der Waals surface area contributed by atoms with Gasteiger partial charge in [0, 0.05) is 42.7 Å². The molecule has 0 saturated carbocycles. The van der Waals surface area contributed by atoms with Gasteiger partial charge in [-0.25, -0.2) is 0 Å². The normalized spacial score (nSPS) is 23.2. The topological polar surface area (TPSA) is 102 Å². The molecule has 1 N–H and O–H groups in total. The van der Waals surface area contributed by atoms with E-state index >= 15 is 0 Å². The predicted molar refractivity (Wildman–Crippen MR) is 98.4 cm³/mol. The fourth-order valence-electron chi connectivity index (χ4n) is 2.94. The minimum atomic E-state index is -1.53. The van der Waals surface area contributed by atoms with Gasteiger partial charge in [0.2, 0.25) is 5.91 Å². The maximum absolute atomic E-state index is 12.2. The van der Waals surface area contributed by atoms with Crippen molar-refractivity contribution in [1.82, 2.24) is 10.2 Å². The average molecular weight is 383 g/mol. The molecule has 4 atom stereocenters. The molecule has 2 rings (SSSR count). The number of nitro groups is 1. The number of carbonyl (C=O) groups is 1. The van der Waals surface area contributed by atoms with Gasteiger partial charge in [-0.15, -0.1) is 0 Å². The molecule has 144 valence electrons. The van der Waals surface area contributed by atoms with Gasteiger partial charge >= 0.3 is 0 Å². The van der Waals surface area contributed by atoms with Gasteiger partial charge in [0.25, 0.3) is 5.69 Å². The van der Waals surface area contributed by atoms with Crippen LogP contribution in [0, 0.1) is 10.1 Å². The summed E-state index contributed by atoms with van der Waals surface area (Å²) in [6.07, 6.45) is 0.318. The molecule has 1 aromatic rings. The Balaban J connectivity index is 1.80. The lowest BCUT2D eigenvalue weighted by Gasteiger charge is -2.39. The number of rotatable bonds is 7. The van der Waals surface area contributed by atoms with Gasteiger partial charge in [-0.05, 0) is 32.9 Å². The number of non-ortho nitro benzene ring substituents is 1. The predicted octanol–water partition coefficient (Wildman–Crippen LogP) is 1.32. The van der Waals surface area contributed by atoms with Crippen molar-refractivity contribution in [3.8, 4) is 0 Å². The highest BCUT2D eigenvalue weighted by Crippen LogP contribution is 2.15. The van der Waals surface area contributed by atoms with Crippen LogP contribution in [-0.4, -0.2) is 63.6 Å². The molecule has 1 aliphatic heterocycles. The Hall–Kier alpha value is -1.84. The average Bonchev–Trinajstić information content (AvgIpc) is 2.58. The van der Waals surface area contributed by atoms with E-state index in [1.54, 1.807) is 0 Å². The molecule has 0 bridgehead atoms. The summed E-state index contributed by atoms with van der Waals surface area (Å²) in [5.41, 5.74) is -0.0713. The first-order valence-corrected chi connectivity index (χ1v) is 9.87. The van der Waals surface area contributed by atoms with Crippen LogP contribution in [0.3, 0.4) is 0 Å². The second kappa shape index (κ2) is 9.20. The summed E-state index contributed by atoms with van der Waals surface area (Å²) in [6, 6.07) is 5.56. The van der Waals surface area contributed by atoms with Crippen molar-refractivity contribution in [1.29, 1.82) is 0 Å². The van der Waals surface area contributed by atoms with Gasteiger partial charge in [0.05, 0.1) is 27.9 Å². The van der Waals surface area contributed by atoms with E-state index in [1.165, 1.54) is 24.3 Å². The zero-order valence-electron chi connectivity index (χ0n) is 15.2. The van der Waals surface area contributed by atoms with Crippen molar-refractivity contribution in [3.05, 3.63) is 34.4 Å². The number of morpholine rings is 1. The molecule has 0 aliphatic carbocycles. The molecule has 0 unspecified atom stereocenters. The summed E-state index contributed by atoms with van der Waals surface area (Å²) in [6.45, 7) is 8.20. The molecular weight excluding hydrogens is 358 g/mol. The minimum Gasteiger partial charge on any atom is -0.373 e. The molecule has 26 heavy (non-hydrogen) atoms. The van der Waals surface area contributed by atoms with E-state index in [1.807, 2.05) is 20.8 Å². The number of nitro benzene ring substituents is 1. The maximum Gasteiger partial charge on any atom is 0.269 e. The monoisotopic (exact) mass is 383 g/mol. The Morgan fingerprint density at radius 1 is 1.35 bits per heavy atom. The van der Waals surface area contributed by atoms with Crippen LogP contribution in [0.1, 0.15) is 20.8 Å². The Bertz CT molecular complexity index is 657. The van der Waals surface area contributed by atoms with Gasteiger partial charge in [-0.3, -0.25) is 24.0 Å². The molecule has 1 heterocycles. The van der Waals surface area contributed by atoms with Crippen molar-refractivity contribution < 1.29 is 18.7 Å². The highest BCUT2D eigenvalue weighted by molar-refractivity contribution is 7.85. The van der Waals surface area contributed by atoms with E-state index in [-0.39, 0.29) is 35.6 Å². The lowest BCUT2D eigenvalue weighted by Crippen LogP contribution is -2.52. The van der Waals surface area contributed by atoms with Crippen LogP contribution in [0.4, 0.5) is 5.69 Å². The fraction of sp³-hybridized carbons (Fsp3) is 0.588. The van der Waals surface area contributed by atoms with E-state index in [9.17, 15) is 19.1 Å². The van der Waals surface area contributed by atoms with Gasteiger partial charge in [-0.2, -0.15) is 0 Å². The van der Waals surface area contributed by atoms with E-state index in [2.05, 4.69) is 10.2 Å². The zero-order valence-corrected chi connectivity index (χ0v) is 16.0. The summed E-state index contributed by atoms with van der Waals surface area (Å²) >= 11 is 0. The first kappa shape index (κ1) is 20.5. The smallest absolute Gasteiger partial charge is 0.269 e. The summed E-state index contributed by atoms with van der Waals surface area (Å²) < 4.78 is 17.9. The number of hydrogen-bond acceptors (Lipinski definition) is 6. The number of nitrogens with one attached hydrogen (secondary N) is 1. The fourth-order valence-corrected chi connectivity index (χ4v) is 3.89. The minimum absolute atomic E-state index is 0.0713. The van der Waals surface area contributed by atoms with Crippen LogP contribution in [0.15, 0.2) is 29.2 Å². The number of carbonyl (C=O) groups excluding carboxylic acids is 1. The Morgan fingerprint density at radius 3 is 2.46 bits per heavy atom. The van der Waals surface area contributed by atoms with E-state index in [0.29, 0.717) is 11.4 Å². The Labute approximate surface area is 155 Å². The van der Waals surface area contributed by atoms with Crippen LogP contribution in [0.2, 0.25) is 0 Å². The van der Waals surface area contributed by atoms with E-state index in [4.69, 9.17) is 4.74 Å². The third-order valence-corrected chi connectivity index (χ3v) is 5.56. The molecule has 1 aromatic carbocycles. The van der Waals surface area contributed by atoms with Crippen LogP contribution in [0.25, 0.3) is 0 Å². The van der Waals surface area contributed by atoms with Gasteiger partial charge in [0.15, 0.2) is 0 Å². The third kappa shape index (κ3) is 5.86. The maximum atomic E-state index is 12.2. The van der Waals surface area contributed by atoms with E-state index < -0.39 is 15.7 Å². The van der Waals surface area contributed by atoms with Crippen LogP contribution in [-0.2, 0) is 20.3 Å². The highest BCUT2D eigenvalue weighted by atomic mass is 32.2. The lowest BCUT2D eigenvalue weighted by atomic mass is 10.2. The molecule has 8 nitrogen and oxygen atoms in total. The second-order valence-corrected chi connectivity index (χ2v) is 8.06. The summed E-state index contributed by atoms with van der Waals surface area (Å²) in [7, 11) is -1.53. The van der Waals surface area contributed by atoms with Gasteiger partial charge < -0.3 is 10.1 Å². The summed E-state index contributed by atoms with van der Waals surface area (Å²) in [5, 5.41) is 13.5. The van der Waals surface area contributed by atoms with Crippen molar-refractivity contribution in [2.45, 2.75) is 43.9 Å². The van der Waals surface area contributed by atoms with Gasteiger partial charge in [0.1, 0.15) is 5.75 Å². The van der Waals surface area contributed by atoms with Crippen LogP contribution < -0.4 is 5.32 Å². The number of hydrogen-bond donors (Lipinski definition) is 1. The second-order valence-electron chi connectivity index (χ2n) is 6.61.